The fourth-order valence-corrected chi connectivity index (χ4v) is 5.23. The van der Waals surface area contributed by atoms with E-state index in [0.717, 1.165) is 16.7 Å². The van der Waals surface area contributed by atoms with Crippen LogP contribution in [0.15, 0.2) is 60.7 Å². The molecular weight excluding hydrogens is 458 g/mol. The first kappa shape index (κ1) is 23.5. The number of carbonyl (C=O) groups is 2. The van der Waals surface area contributed by atoms with Gasteiger partial charge in [-0.25, -0.2) is 4.79 Å². The number of benzene rings is 3. The van der Waals surface area contributed by atoms with Crippen LogP contribution in [-0.4, -0.2) is 31.9 Å². The van der Waals surface area contributed by atoms with Gasteiger partial charge in [0.2, 0.25) is 11.6 Å². The second kappa shape index (κ2) is 8.78. The van der Waals surface area contributed by atoms with Crippen LogP contribution in [0.1, 0.15) is 29.7 Å². The molecule has 1 fully saturated rings. The van der Waals surface area contributed by atoms with Gasteiger partial charge in [0.25, 0.3) is 0 Å². The van der Waals surface area contributed by atoms with Gasteiger partial charge in [0, 0.05) is 17.3 Å². The Balaban J connectivity index is 1.63. The van der Waals surface area contributed by atoms with Crippen molar-refractivity contribution in [3.05, 3.63) is 77.4 Å². The van der Waals surface area contributed by atoms with Crippen LogP contribution >= 0.6 is 0 Å². The molecule has 2 heterocycles. The predicted molar refractivity (Wildman–Crippen MR) is 137 cm³/mol. The molecule has 186 valence electrons. The Bertz CT molecular complexity index is 1360. The Labute approximate surface area is 210 Å². The highest BCUT2D eigenvalue weighted by Crippen LogP contribution is 2.51. The minimum absolute atomic E-state index is 0.263. The van der Waals surface area contributed by atoms with Crippen LogP contribution < -0.4 is 29.7 Å². The van der Waals surface area contributed by atoms with Crippen LogP contribution in [0, 0.1) is 19.8 Å². The van der Waals surface area contributed by atoms with Crippen molar-refractivity contribution in [3.8, 4) is 17.2 Å². The van der Waals surface area contributed by atoms with Gasteiger partial charge >= 0.3 is 6.03 Å². The van der Waals surface area contributed by atoms with Gasteiger partial charge < -0.3 is 24.8 Å². The molecule has 8 nitrogen and oxygen atoms in total. The first-order valence-corrected chi connectivity index (χ1v) is 11.8. The maximum atomic E-state index is 14.0. The van der Waals surface area contributed by atoms with Crippen molar-refractivity contribution < 1.29 is 23.8 Å². The zero-order valence-corrected chi connectivity index (χ0v) is 20.9. The molecule has 0 spiro atoms. The minimum Gasteiger partial charge on any atom is -0.497 e. The summed E-state index contributed by atoms with van der Waals surface area (Å²) in [5.74, 6) is 0.562. The maximum absolute atomic E-state index is 14.0. The number of rotatable bonds is 5. The Hall–Kier alpha value is -4.20. The lowest BCUT2D eigenvalue weighted by Gasteiger charge is -2.54. The lowest BCUT2D eigenvalue weighted by molar-refractivity contribution is -0.131. The second-order valence-corrected chi connectivity index (χ2v) is 9.28. The Morgan fingerprint density at radius 3 is 2.56 bits per heavy atom. The molecule has 0 aliphatic carbocycles. The van der Waals surface area contributed by atoms with Gasteiger partial charge in [0.1, 0.15) is 23.2 Å². The number of hydrogen-bond donors (Lipinski definition) is 2. The van der Waals surface area contributed by atoms with E-state index < -0.39 is 23.7 Å². The number of hydrogen-bond acceptors (Lipinski definition) is 5. The molecule has 3 aromatic carbocycles. The lowest BCUT2D eigenvalue weighted by atomic mass is 9.78. The van der Waals surface area contributed by atoms with E-state index in [9.17, 15) is 9.59 Å². The molecule has 2 N–H and O–H groups in total. The Kier molecular flexibility index (Phi) is 5.74. The van der Waals surface area contributed by atoms with E-state index in [1.54, 1.807) is 32.2 Å². The van der Waals surface area contributed by atoms with E-state index in [1.807, 2.05) is 56.3 Å². The van der Waals surface area contributed by atoms with Crippen LogP contribution in [0.2, 0.25) is 0 Å². The van der Waals surface area contributed by atoms with Crippen molar-refractivity contribution >= 4 is 23.3 Å². The SMILES string of the molecule is COc1ccc(N2C(=O)N[C@H]3c4ccccc4O[C@@]2(C)[C@H]3C(=O)Nc2ccc(C)cc2C)c(OC)c1. The quantitative estimate of drug-likeness (QED) is 0.531. The van der Waals surface area contributed by atoms with E-state index >= 15 is 0 Å². The van der Waals surface area contributed by atoms with Crippen molar-refractivity contribution in [2.75, 3.05) is 24.4 Å². The van der Waals surface area contributed by atoms with Crippen LogP contribution in [0.4, 0.5) is 16.2 Å². The van der Waals surface area contributed by atoms with Gasteiger partial charge in [-0.05, 0) is 50.6 Å². The lowest BCUT2D eigenvalue weighted by Crippen LogP contribution is -2.72. The fraction of sp³-hybridized carbons (Fsp3) is 0.286. The second-order valence-electron chi connectivity index (χ2n) is 9.28. The number of anilines is 2. The van der Waals surface area contributed by atoms with Crippen LogP contribution in [0.25, 0.3) is 0 Å². The summed E-state index contributed by atoms with van der Waals surface area (Å²) >= 11 is 0. The molecule has 8 heteroatoms. The van der Waals surface area contributed by atoms with E-state index in [2.05, 4.69) is 10.6 Å². The first-order valence-electron chi connectivity index (χ1n) is 11.8. The van der Waals surface area contributed by atoms with Crippen molar-refractivity contribution in [1.29, 1.82) is 0 Å². The summed E-state index contributed by atoms with van der Waals surface area (Å²) in [6.07, 6.45) is 0. The molecule has 2 aliphatic heterocycles. The largest absolute Gasteiger partial charge is 0.497 e. The van der Waals surface area contributed by atoms with Crippen LogP contribution in [-0.2, 0) is 4.79 Å². The summed E-state index contributed by atoms with van der Waals surface area (Å²) in [6, 6.07) is 17.5. The third-order valence-corrected chi connectivity index (χ3v) is 6.96. The average Bonchev–Trinajstić information content (AvgIpc) is 2.85. The van der Waals surface area contributed by atoms with Crippen molar-refractivity contribution in [1.82, 2.24) is 5.32 Å². The molecule has 3 aromatic rings. The van der Waals surface area contributed by atoms with Gasteiger partial charge in [-0.2, -0.15) is 0 Å². The topological polar surface area (TPSA) is 89.1 Å². The number of fused-ring (bicyclic) bond motifs is 4. The predicted octanol–water partition coefficient (Wildman–Crippen LogP) is 4.96. The van der Waals surface area contributed by atoms with Gasteiger partial charge in [0.05, 0.1) is 25.9 Å². The summed E-state index contributed by atoms with van der Waals surface area (Å²) < 4.78 is 17.5. The van der Waals surface area contributed by atoms with E-state index in [4.69, 9.17) is 14.2 Å². The van der Waals surface area contributed by atoms with E-state index in [1.165, 1.54) is 12.0 Å². The van der Waals surface area contributed by atoms with Gasteiger partial charge in [-0.3, -0.25) is 9.69 Å². The molecular formula is C28H29N3O5. The minimum atomic E-state index is -1.36. The number of para-hydroxylation sites is 1. The molecule has 36 heavy (non-hydrogen) atoms. The molecule has 1 saturated heterocycles. The van der Waals surface area contributed by atoms with E-state index in [-0.39, 0.29) is 5.91 Å². The highest BCUT2D eigenvalue weighted by Gasteiger charge is 2.60. The summed E-state index contributed by atoms with van der Waals surface area (Å²) in [5, 5.41) is 6.13. The monoisotopic (exact) mass is 487 g/mol. The van der Waals surface area contributed by atoms with Gasteiger partial charge in [0.15, 0.2) is 0 Å². The number of amides is 3. The summed E-state index contributed by atoms with van der Waals surface area (Å²) in [5.41, 5.74) is 2.63. The van der Waals surface area contributed by atoms with Crippen molar-refractivity contribution in [3.63, 3.8) is 0 Å². The highest BCUT2D eigenvalue weighted by atomic mass is 16.5. The molecule has 5 rings (SSSR count). The van der Waals surface area contributed by atoms with Crippen molar-refractivity contribution in [2.24, 2.45) is 5.92 Å². The summed E-state index contributed by atoms with van der Waals surface area (Å²) in [4.78, 5) is 29.0. The number of urea groups is 1. The van der Waals surface area contributed by atoms with Crippen LogP contribution in [0.5, 0.6) is 17.2 Å². The molecule has 0 radical (unpaired) electrons. The number of nitrogens with zero attached hydrogens (tertiary/aromatic N) is 1. The highest BCUT2D eigenvalue weighted by molar-refractivity contribution is 6.02. The Morgan fingerprint density at radius 1 is 1.06 bits per heavy atom. The molecule has 3 atom stereocenters. The number of methoxy groups -OCH3 is 2. The summed E-state index contributed by atoms with van der Waals surface area (Å²) in [7, 11) is 3.08. The molecule has 2 bridgehead atoms. The number of ether oxygens (including phenoxy) is 3. The van der Waals surface area contributed by atoms with Gasteiger partial charge in [-0.15, -0.1) is 0 Å². The molecule has 3 amide bonds. The molecule has 2 aliphatic rings. The fourth-order valence-electron chi connectivity index (χ4n) is 5.23. The maximum Gasteiger partial charge on any atom is 0.325 e. The number of carbonyl (C=O) groups excluding carboxylic acids is 2. The molecule has 0 aromatic heterocycles. The number of aryl methyl sites for hydroxylation is 2. The summed E-state index contributed by atoms with van der Waals surface area (Å²) in [6.45, 7) is 5.73. The zero-order valence-electron chi connectivity index (χ0n) is 20.9. The average molecular weight is 488 g/mol. The van der Waals surface area contributed by atoms with Crippen molar-refractivity contribution in [2.45, 2.75) is 32.5 Å². The third kappa shape index (κ3) is 3.69. The molecule has 0 unspecified atom stereocenters. The Morgan fingerprint density at radius 2 is 1.83 bits per heavy atom. The van der Waals surface area contributed by atoms with Crippen LogP contribution in [0.3, 0.4) is 0 Å². The normalized spacial score (nSPS) is 22.1. The first-order chi connectivity index (χ1) is 17.3. The van der Waals surface area contributed by atoms with Gasteiger partial charge in [-0.1, -0.05) is 35.9 Å². The number of nitrogens with one attached hydrogen (secondary N) is 2. The molecule has 0 saturated carbocycles. The third-order valence-electron chi connectivity index (χ3n) is 6.96. The smallest absolute Gasteiger partial charge is 0.325 e. The standard InChI is InChI=1S/C28H29N3O5/c1-16-10-12-20(17(2)14-16)29-26(32)24-25-19-8-6-7-9-22(19)36-28(24,3)31(27(33)30-25)21-13-11-18(34-4)15-23(21)35-5/h6-15,24-25H,1-5H3,(H,29,32)(H,30,33)/t24-,25+,28+/m1/s1. The zero-order chi connectivity index (χ0) is 25.6. The van der Waals surface area contributed by atoms with E-state index in [0.29, 0.717) is 28.6 Å².